The maximum Gasteiger partial charge on any atom is 0.116 e. The Morgan fingerprint density at radius 3 is 2.13 bits per heavy atom. The Morgan fingerprint density at radius 1 is 1.33 bits per heavy atom. The minimum absolute atomic E-state index is 0.334. The number of likely N-dealkylation sites (N-methyl/N-ethyl adjacent to an activating group) is 1. The van der Waals surface area contributed by atoms with Crippen LogP contribution in [0.4, 0.5) is 0 Å². The molecule has 88 valence electrons. The lowest BCUT2D eigenvalue weighted by molar-refractivity contribution is 0.183. The summed E-state index contributed by atoms with van der Waals surface area (Å²) in [6.07, 6.45) is 0. The van der Waals surface area contributed by atoms with Crippen molar-refractivity contribution in [3.8, 4) is 6.07 Å². The van der Waals surface area contributed by atoms with Crippen molar-refractivity contribution < 1.29 is 0 Å². The van der Waals surface area contributed by atoms with Gasteiger partial charge in [0.2, 0.25) is 0 Å². The van der Waals surface area contributed by atoms with Gasteiger partial charge in [0.05, 0.1) is 6.07 Å². The van der Waals surface area contributed by atoms with Crippen LogP contribution in [-0.2, 0) is 0 Å². The molecule has 0 amide bonds. The van der Waals surface area contributed by atoms with Crippen molar-refractivity contribution in [1.82, 2.24) is 10.2 Å². The fourth-order valence-electron chi connectivity index (χ4n) is 1.82. The van der Waals surface area contributed by atoms with Gasteiger partial charge < -0.3 is 0 Å². The van der Waals surface area contributed by atoms with Crippen molar-refractivity contribution in [3.63, 3.8) is 0 Å². The first kappa shape index (κ1) is 14.4. The first-order valence-corrected chi connectivity index (χ1v) is 5.77. The Morgan fingerprint density at radius 2 is 1.87 bits per heavy atom. The van der Waals surface area contributed by atoms with E-state index in [9.17, 15) is 5.26 Å². The SMILES string of the molecule is CCN(CC(C)(C#N)NC(C)C)C(C)C. The molecule has 1 N–H and O–H groups in total. The molecule has 15 heavy (non-hydrogen) atoms. The Balaban J connectivity index is 4.48. The second-order valence-corrected chi connectivity index (χ2v) is 4.90. The molecule has 0 bridgehead atoms. The molecule has 1 unspecified atom stereocenters. The maximum absolute atomic E-state index is 9.22. The first-order chi connectivity index (χ1) is 6.84. The van der Waals surface area contributed by atoms with E-state index in [0.717, 1.165) is 13.1 Å². The molecule has 0 fully saturated rings. The van der Waals surface area contributed by atoms with Crippen LogP contribution in [0.5, 0.6) is 0 Å². The van der Waals surface area contributed by atoms with Gasteiger partial charge in [-0.05, 0) is 41.2 Å². The smallest absolute Gasteiger partial charge is 0.116 e. The van der Waals surface area contributed by atoms with Crippen LogP contribution in [0.2, 0.25) is 0 Å². The molecule has 0 heterocycles. The number of hydrogen-bond donors (Lipinski definition) is 1. The van der Waals surface area contributed by atoms with E-state index >= 15 is 0 Å². The molecule has 0 aromatic rings. The molecule has 3 nitrogen and oxygen atoms in total. The fourth-order valence-corrected chi connectivity index (χ4v) is 1.82. The Kier molecular flexibility index (Phi) is 5.85. The Bertz CT molecular complexity index is 217. The van der Waals surface area contributed by atoms with E-state index in [-0.39, 0.29) is 0 Å². The minimum atomic E-state index is -0.450. The lowest BCUT2D eigenvalue weighted by atomic mass is 10.0. The summed E-state index contributed by atoms with van der Waals surface area (Å²) in [5, 5.41) is 12.5. The maximum atomic E-state index is 9.22. The highest BCUT2D eigenvalue weighted by atomic mass is 15.2. The lowest BCUT2D eigenvalue weighted by Crippen LogP contribution is -2.54. The van der Waals surface area contributed by atoms with Gasteiger partial charge in [0, 0.05) is 18.6 Å². The molecule has 0 aliphatic carbocycles. The molecular formula is C12H25N3. The molecule has 0 aliphatic rings. The van der Waals surface area contributed by atoms with E-state index in [4.69, 9.17) is 0 Å². The summed E-state index contributed by atoms with van der Waals surface area (Å²) in [5.74, 6) is 0. The Labute approximate surface area is 94.5 Å². The number of nitriles is 1. The van der Waals surface area contributed by atoms with Crippen molar-refractivity contribution in [3.05, 3.63) is 0 Å². The number of rotatable bonds is 6. The van der Waals surface area contributed by atoms with E-state index in [2.05, 4.69) is 50.9 Å². The topological polar surface area (TPSA) is 39.1 Å². The highest BCUT2D eigenvalue weighted by Gasteiger charge is 2.27. The molecular weight excluding hydrogens is 186 g/mol. The van der Waals surface area contributed by atoms with Gasteiger partial charge in [0.25, 0.3) is 0 Å². The standard InChI is InChI=1S/C12H25N3/c1-7-15(11(4)5)9-12(6,8-13)14-10(2)3/h10-11,14H,7,9H2,1-6H3. The second-order valence-electron chi connectivity index (χ2n) is 4.90. The zero-order valence-corrected chi connectivity index (χ0v) is 11.0. The molecule has 0 saturated carbocycles. The van der Waals surface area contributed by atoms with Crippen LogP contribution in [-0.4, -0.2) is 35.6 Å². The van der Waals surface area contributed by atoms with E-state index in [1.807, 2.05) is 6.92 Å². The summed E-state index contributed by atoms with van der Waals surface area (Å²) in [5.41, 5.74) is -0.450. The molecule has 0 rings (SSSR count). The Hall–Kier alpha value is -0.590. The van der Waals surface area contributed by atoms with Crippen LogP contribution in [0.25, 0.3) is 0 Å². The lowest BCUT2D eigenvalue weighted by Gasteiger charge is -2.34. The van der Waals surface area contributed by atoms with E-state index < -0.39 is 5.54 Å². The van der Waals surface area contributed by atoms with E-state index in [0.29, 0.717) is 12.1 Å². The average Bonchev–Trinajstić information content (AvgIpc) is 2.12. The van der Waals surface area contributed by atoms with Gasteiger partial charge in [-0.3, -0.25) is 10.2 Å². The monoisotopic (exact) mass is 211 g/mol. The number of hydrogen-bond acceptors (Lipinski definition) is 3. The number of nitrogens with one attached hydrogen (secondary N) is 1. The van der Waals surface area contributed by atoms with Crippen molar-refractivity contribution in [2.24, 2.45) is 0 Å². The van der Waals surface area contributed by atoms with Gasteiger partial charge >= 0.3 is 0 Å². The highest BCUT2D eigenvalue weighted by Crippen LogP contribution is 2.09. The minimum Gasteiger partial charge on any atom is -0.298 e. The van der Waals surface area contributed by atoms with Crippen LogP contribution >= 0.6 is 0 Å². The van der Waals surface area contributed by atoms with Crippen LogP contribution in [0.3, 0.4) is 0 Å². The quantitative estimate of drug-likeness (QED) is 0.730. The van der Waals surface area contributed by atoms with E-state index in [1.54, 1.807) is 0 Å². The van der Waals surface area contributed by atoms with Crippen molar-refractivity contribution >= 4 is 0 Å². The molecule has 0 aromatic heterocycles. The summed E-state index contributed by atoms with van der Waals surface area (Å²) in [4.78, 5) is 2.30. The first-order valence-electron chi connectivity index (χ1n) is 5.77. The molecule has 0 radical (unpaired) electrons. The molecule has 1 atom stereocenters. The zero-order valence-electron chi connectivity index (χ0n) is 11.0. The van der Waals surface area contributed by atoms with Crippen LogP contribution in [0.15, 0.2) is 0 Å². The molecule has 0 aromatic carbocycles. The predicted octanol–water partition coefficient (Wildman–Crippen LogP) is 2.00. The van der Waals surface area contributed by atoms with E-state index in [1.165, 1.54) is 0 Å². The summed E-state index contributed by atoms with van der Waals surface area (Å²) in [7, 11) is 0. The summed E-state index contributed by atoms with van der Waals surface area (Å²) < 4.78 is 0. The predicted molar refractivity (Wildman–Crippen MR) is 64.7 cm³/mol. The number of nitrogens with zero attached hydrogens (tertiary/aromatic N) is 2. The third kappa shape index (κ3) is 5.15. The fraction of sp³-hybridized carbons (Fsp3) is 0.917. The summed E-state index contributed by atoms with van der Waals surface area (Å²) in [6.45, 7) is 14.3. The second kappa shape index (κ2) is 6.09. The van der Waals surface area contributed by atoms with Crippen molar-refractivity contribution in [2.45, 2.75) is 59.2 Å². The largest absolute Gasteiger partial charge is 0.298 e. The van der Waals surface area contributed by atoms with Crippen LogP contribution < -0.4 is 5.32 Å². The van der Waals surface area contributed by atoms with Gasteiger partial charge in [0.1, 0.15) is 5.54 Å². The highest BCUT2D eigenvalue weighted by molar-refractivity contribution is 5.06. The third-order valence-electron chi connectivity index (χ3n) is 2.51. The summed E-state index contributed by atoms with van der Waals surface area (Å²) >= 11 is 0. The van der Waals surface area contributed by atoms with Crippen molar-refractivity contribution in [2.75, 3.05) is 13.1 Å². The van der Waals surface area contributed by atoms with Gasteiger partial charge in [-0.25, -0.2) is 0 Å². The molecule has 0 aliphatic heterocycles. The van der Waals surface area contributed by atoms with Gasteiger partial charge in [-0.2, -0.15) is 5.26 Å². The van der Waals surface area contributed by atoms with Gasteiger partial charge in [-0.15, -0.1) is 0 Å². The normalized spacial score (nSPS) is 15.7. The van der Waals surface area contributed by atoms with Gasteiger partial charge in [-0.1, -0.05) is 6.92 Å². The van der Waals surface area contributed by atoms with Crippen LogP contribution in [0.1, 0.15) is 41.5 Å². The third-order valence-corrected chi connectivity index (χ3v) is 2.51. The molecule has 0 spiro atoms. The summed E-state index contributed by atoms with van der Waals surface area (Å²) in [6, 6.07) is 3.19. The molecule has 3 heteroatoms. The average molecular weight is 211 g/mol. The van der Waals surface area contributed by atoms with Crippen LogP contribution in [0, 0.1) is 11.3 Å². The zero-order chi connectivity index (χ0) is 12.1. The van der Waals surface area contributed by atoms with Crippen molar-refractivity contribution in [1.29, 1.82) is 5.26 Å². The van der Waals surface area contributed by atoms with Gasteiger partial charge in [0.15, 0.2) is 0 Å². The molecule has 0 saturated heterocycles.